The van der Waals surface area contributed by atoms with Crippen LogP contribution >= 0.6 is 11.6 Å². The second-order valence-corrected chi connectivity index (χ2v) is 4.34. The van der Waals surface area contributed by atoms with E-state index in [-0.39, 0.29) is 0 Å². The molecule has 4 nitrogen and oxygen atoms in total. The van der Waals surface area contributed by atoms with Crippen molar-refractivity contribution < 1.29 is 9.90 Å². The lowest BCUT2D eigenvalue weighted by Crippen LogP contribution is -2.15. The van der Waals surface area contributed by atoms with Gasteiger partial charge in [0.25, 0.3) is 0 Å². The number of carboxylic acids is 1. The number of H-pyrrole nitrogens is 1. The summed E-state index contributed by atoms with van der Waals surface area (Å²) in [6, 6.07) is 9.08. The highest BCUT2D eigenvalue weighted by atomic mass is 35.5. The minimum Gasteiger partial charge on any atom is -0.478 e. The number of hydrogen-bond donors (Lipinski definition) is 3. The molecule has 0 atom stereocenters. The van der Waals surface area contributed by atoms with Crippen LogP contribution in [-0.2, 0) is 13.1 Å². The van der Waals surface area contributed by atoms with E-state index in [0.29, 0.717) is 29.4 Å². The van der Waals surface area contributed by atoms with Crippen molar-refractivity contribution >= 4 is 17.6 Å². The molecule has 0 saturated carbocycles. The van der Waals surface area contributed by atoms with Crippen LogP contribution in [0.4, 0.5) is 0 Å². The molecule has 2 rings (SSSR count). The summed E-state index contributed by atoms with van der Waals surface area (Å²) in [5.41, 5.74) is 2.08. The molecule has 5 heteroatoms. The zero-order chi connectivity index (χ0) is 13.0. The third kappa shape index (κ3) is 3.12. The monoisotopic (exact) mass is 264 g/mol. The molecule has 0 spiro atoms. The fraction of sp³-hybridized carbons (Fsp3) is 0.154. The van der Waals surface area contributed by atoms with Gasteiger partial charge in [-0.2, -0.15) is 0 Å². The van der Waals surface area contributed by atoms with Gasteiger partial charge in [-0.15, -0.1) is 0 Å². The van der Waals surface area contributed by atoms with E-state index in [0.717, 1.165) is 5.56 Å². The molecule has 2 aromatic rings. The summed E-state index contributed by atoms with van der Waals surface area (Å²) in [5.74, 6) is -0.917. The Labute approximate surface area is 110 Å². The number of nitrogens with one attached hydrogen (secondary N) is 2. The molecular weight excluding hydrogens is 252 g/mol. The number of carbonyl (C=O) groups is 1. The average Bonchev–Trinajstić information content (AvgIpc) is 2.80. The predicted molar refractivity (Wildman–Crippen MR) is 69.7 cm³/mol. The molecule has 3 N–H and O–H groups in total. The number of carboxylic acid groups (broad SMARTS) is 1. The zero-order valence-electron chi connectivity index (χ0n) is 9.61. The number of aromatic nitrogens is 1. The van der Waals surface area contributed by atoms with Crippen molar-refractivity contribution in [3.05, 3.63) is 58.4 Å². The van der Waals surface area contributed by atoms with Gasteiger partial charge in [-0.25, -0.2) is 4.79 Å². The fourth-order valence-corrected chi connectivity index (χ4v) is 1.81. The minimum absolute atomic E-state index is 0.304. The summed E-state index contributed by atoms with van der Waals surface area (Å²) >= 11 is 5.79. The maximum Gasteiger partial charge on any atom is 0.337 e. The first-order chi connectivity index (χ1) is 8.66. The summed E-state index contributed by atoms with van der Waals surface area (Å²) < 4.78 is 0. The van der Waals surface area contributed by atoms with Gasteiger partial charge in [0.2, 0.25) is 0 Å². The molecule has 0 bridgehead atoms. The molecule has 18 heavy (non-hydrogen) atoms. The van der Waals surface area contributed by atoms with Crippen LogP contribution in [0.5, 0.6) is 0 Å². The average molecular weight is 265 g/mol. The van der Waals surface area contributed by atoms with E-state index in [1.165, 1.54) is 0 Å². The molecule has 0 saturated heterocycles. The highest BCUT2D eigenvalue weighted by molar-refractivity contribution is 6.30. The number of halogens is 1. The number of hydrogen-bond acceptors (Lipinski definition) is 2. The van der Waals surface area contributed by atoms with Crippen molar-refractivity contribution in [1.82, 2.24) is 10.3 Å². The standard InChI is InChI=1S/C13H13ClN2O2/c14-10-3-1-9(2-4-10)7-15-8-12-11(13(17)18)5-6-16-12/h1-6,15-16H,7-8H2,(H,17,18). The van der Waals surface area contributed by atoms with E-state index in [9.17, 15) is 4.79 Å². The van der Waals surface area contributed by atoms with Crippen molar-refractivity contribution in [2.45, 2.75) is 13.1 Å². The van der Waals surface area contributed by atoms with Crippen LogP contribution in [0.25, 0.3) is 0 Å². The van der Waals surface area contributed by atoms with Gasteiger partial charge in [0, 0.05) is 30.0 Å². The highest BCUT2D eigenvalue weighted by Crippen LogP contribution is 2.10. The first-order valence-corrected chi connectivity index (χ1v) is 5.89. The van der Waals surface area contributed by atoms with Gasteiger partial charge >= 0.3 is 5.97 Å². The van der Waals surface area contributed by atoms with Crippen molar-refractivity contribution in [3.8, 4) is 0 Å². The molecule has 0 radical (unpaired) electrons. The summed E-state index contributed by atoms with van der Waals surface area (Å²) in [5, 5.41) is 12.8. The molecule has 1 aromatic carbocycles. The Morgan fingerprint density at radius 3 is 2.61 bits per heavy atom. The lowest BCUT2D eigenvalue weighted by molar-refractivity contribution is 0.0695. The van der Waals surface area contributed by atoms with Crippen LogP contribution in [0.1, 0.15) is 21.6 Å². The quantitative estimate of drug-likeness (QED) is 0.778. The first-order valence-electron chi connectivity index (χ1n) is 5.51. The summed E-state index contributed by atoms with van der Waals surface area (Å²) in [4.78, 5) is 13.8. The zero-order valence-corrected chi connectivity index (χ0v) is 10.4. The topological polar surface area (TPSA) is 65.1 Å². The van der Waals surface area contributed by atoms with Crippen LogP contribution in [0.3, 0.4) is 0 Å². The molecule has 1 aromatic heterocycles. The van der Waals surface area contributed by atoms with Crippen LogP contribution in [-0.4, -0.2) is 16.1 Å². The fourth-order valence-electron chi connectivity index (χ4n) is 1.68. The summed E-state index contributed by atoms with van der Waals surface area (Å²) in [6.45, 7) is 1.15. The molecule has 0 unspecified atom stereocenters. The van der Waals surface area contributed by atoms with E-state index in [1.807, 2.05) is 24.3 Å². The molecule has 0 amide bonds. The molecule has 94 valence electrons. The third-order valence-corrected chi connectivity index (χ3v) is 2.86. The Balaban J connectivity index is 1.90. The first kappa shape index (κ1) is 12.7. The second-order valence-electron chi connectivity index (χ2n) is 3.91. The number of aromatic carboxylic acids is 1. The van der Waals surface area contributed by atoms with Crippen LogP contribution in [0, 0.1) is 0 Å². The van der Waals surface area contributed by atoms with Gasteiger partial charge in [-0.3, -0.25) is 0 Å². The van der Waals surface area contributed by atoms with E-state index < -0.39 is 5.97 Å². The highest BCUT2D eigenvalue weighted by Gasteiger charge is 2.09. The van der Waals surface area contributed by atoms with Gasteiger partial charge in [0.1, 0.15) is 0 Å². The predicted octanol–water partition coefficient (Wildman–Crippen LogP) is 2.66. The van der Waals surface area contributed by atoms with Crippen molar-refractivity contribution in [2.75, 3.05) is 0 Å². The molecule has 0 fully saturated rings. The summed E-state index contributed by atoms with van der Waals surface area (Å²) in [6.07, 6.45) is 1.63. The molecular formula is C13H13ClN2O2. The Hall–Kier alpha value is -1.78. The minimum atomic E-state index is -0.917. The second kappa shape index (κ2) is 5.71. The number of benzene rings is 1. The van der Waals surface area contributed by atoms with Crippen LogP contribution in [0.15, 0.2) is 36.5 Å². The van der Waals surface area contributed by atoms with Crippen LogP contribution in [0.2, 0.25) is 5.02 Å². The van der Waals surface area contributed by atoms with E-state index in [2.05, 4.69) is 10.3 Å². The Morgan fingerprint density at radius 2 is 1.94 bits per heavy atom. The Bertz CT molecular complexity index is 534. The maximum atomic E-state index is 10.9. The van der Waals surface area contributed by atoms with Gasteiger partial charge in [-0.1, -0.05) is 23.7 Å². The number of aromatic amines is 1. The van der Waals surface area contributed by atoms with Crippen molar-refractivity contribution in [3.63, 3.8) is 0 Å². The number of rotatable bonds is 5. The third-order valence-electron chi connectivity index (χ3n) is 2.61. The van der Waals surface area contributed by atoms with Crippen LogP contribution < -0.4 is 5.32 Å². The van der Waals surface area contributed by atoms with E-state index in [4.69, 9.17) is 16.7 Å². The normalized spacial score (nSPS) is 10.5. The molecule has 1 heterocycles. The Kier molecular flexibility index (Phi) is 4.02. The lowest BCUT2D eigenvalue weighted by atomic mass is 10.2. The maximum absolute atomic E-state index is 10.9. The molecule has 0 aliphatic heterocycles. The SMILES string of the molecule is O=C(O)c1cc[nH]c1CNCc1ccc(Cl)cc1. The molecule has 0 aliphatic carbocycles. The van der Waals surface area contributed by atoms with Crippen molar-refractivity contribution in [1.29, 1.82) is 0 Å². The van der Waals surface area contributed by atoms with E-state index >= 15 is 0 Å². The van der Waals surface area contributed by atoms with Crippen molar-refractivity contribution in [2.24, 2.45) is 0 Å². The Morgan fingerprint density at radius 1 is 1.22 bits per heavy atom. The lowest BCUT2D eigenvalue weighted by Gasteiger charge is -2.05. The van der Waals surface area contributed by atoms with Gasteiger partial charge in [0.15, 0.2) is 0 Å². The van der Waals surface area contributed by atoms with E-state index in [1.54, 1.807) is 12.3 Å². The largest absolute Gasteiger partial charge is 0.478 e. The van der Waals surface area contributed by atoms with Gasteiger partial charge in [0.05, 0.1) is 5.56 Å². The van der Waals surface area contributed by atoms with Gasteiger partial charge in [-0.05, 0) is 23.8 Å². The van der Waals surface area contributed by atoms with Gasteiger partial charge < -0.3 is 15.4 Å². The smallest absolute Gasteiger partial charge is 0.337 e. The molecule has 0 aliphatic rings. The summed E-state index contributed by atoms with van der Waals surface area (Å²) in [7, 11) is 0.